The molecule has 1 aromatic carbocycles. The van der Waals surface area contributed by atoms with Crippen LogP contribution in [0.4, 0.5) is 5.69 Å². The summed E-state index contributed by atoms with van der Waals surface area (Å²) < 4.78 is 0. The minimum Gasteiger partial charge on any atom is -0.331 e. The smallest absolute Gasteiger partial charge is 0.191 e. The lowest BCUT2D eigenvalue weighted by atomic mass is 9.70. The van der Waals surface area contributed by atoms with Crippen LogP contribution in [0.1, 0.15) is 40.0 Å². The number of thiocarbonyl (C=S) groups is 1. The van der Waals surface area contributed by atoms with Gasteiger partial charge in [-0.25, -0.2) is 0 Å². The Morgan fingerprint density at radius 1 is 1.24 bits per heavy atom. The van der Waals surface area contributed by atoms with Gasteiger partial charge in [-0.15, -0.1) is 0 Å². The molecule has 2 aliphatic rings. The maximum atomic E-state index is 5.32. The van der Waals surface area contributed by atoms with Crippen LogP contribution in [0.15, 0.2) is 35.4 Å². The first-order valence-electron chi connectivity index (χ1n) is 7.62. The second-order valence-electron chi connectivity index (χ2n) is 6.98. The Morgan fingerprint density at radius 3 is 2.52 bits per heavy atom. The third kappa shape index (κ3) is 2.35. The van der Waals surface area contributed by atoms with Crippen LogP contribution in [0.3, 0.4) is 0 Å². The minimum atomic E-state index is 0.215. The molecule has 2 aliphatic carbocycles. The molecule has 1 aromatic rings. The van der Waals surface area contributed by atoms with Gasteiger partial charge in [0.25, 0.3) is 0 Å². The SMILES string of the molecule is CC1(C)C2CC[C@@]1(C)C(=NNC(=S)Nc1ccccc1)C2. The van der Waals surface area contributed by atoms with Crippen molar-refractivity contribution in [3.63, 3.8) is 0 Å². The number of rotatable bonds is 2. The number of hydrogen-bond acceptors (Lipinski definition) is 2. The van der Waals surface area contributed by atoms with Gasteiger partial charge in [0.1, 0.15) is 0 Å². The minimum absolute atomic E-state index is 0.215. The predicted octanol–water partition coefficient (Wildman–Crippen LogP) is 4.18. The molecule has 1 unspecified atom stereocenters. The van der Waals surface area contributed by atoms with Gasteiger partial charge in [-0.1, -0.05) is 39.0 Å². The molecule has 21 heavy (non-hydrogen) atoms. The third-order valence-electron chi connectivity index (χ3n) is 5.84. The van der Waals surface area contributed by atoms with Crippen LogP contribution in [0.25, 0.3) is 0 Å². The van der Waals surface area contributed by atoms with Crippen molar-refractivity contribution in [1.82, 2.24) is 5.43 Å². The fourth-order valence-electron chi connectivity index (χ4n) is 3.90. The first-order valence-corrected chi connectivity index (χ1v) is 8.03. The Kier molecular flexibility index (Phi) is 3.52. The largest absolute Gasteiger partial charge is 0.331 e. The summed E-state index contributed by atoms with van der Waals surface area (Å²) in [4.78, 5) is 0. The number of nitrogens with zero attached hydrogens (tertiary/aromatic N) is 1. The van der Waals surface area contributed by atoms with Crippen molar-refractivity contribution in [2.45, 2.75) is 40.0 Å². The molecule has 2 saturated carbocycles. The highest BCUT2D eigenvalue weighted by atomic mass is 32.1. The second-order valence-corrected chi connectivity index (χ2v) is 7.39. The van der Waals surface area contributed by atoms with E-state index in [1.54, 1.807) is 0 Å². The highest BCUT2D eigenvalue weighted by molar-refractivity contribution is 7.80. The lowest BCUT2D eigenvalue weighted by molar-refractivity contribution is 0.193. The number of benzene rings is 1. The van der Waals surface area contributed by atoms with Crippen molar-refractivity contribution in [2.75, 3.05) is 5.32 Å². The molecule has 2 fully saturated rings. The molecule has 0 saturated heterocycles. The molecule has 3 nitrogen and oxygen atoms in total. The summed E-state index contributed by atoms with van der Waals surface area (Å²) in [6.45, 7) is 7.12. The second kappa shape index (κ2) is 5.09. The predicted molar refractivity (Wildman–Crippen MR) is 92.5 cm³/mol. The van der Waals surface area contributed by atoms with Crippen LogP contribution < -0.4 is 10.7 Å². The average molecular weight is 301 g/mol. The van der Waals surface area contributed by atoms with E-state index in [1.165, 1.54) is 18.6 Å². The van der Waals surface area contributed by atoms with Crippen molar-refractivity contribution in [3.05, 3.63) is 30.3 Å². The molecule has 0 aromatic heterocycles. The molecule has 4 heteroatoms. The van der Waals surface area contributed by atoms with Crippen LogP contribution in [0.2, 0.25) is 0 Å². The Morgan fingerprint density at radius 2 is 1.95 bits per heavy atom. The number of hydrogen-bond donors (Lipinski definition) is 2. The summed E-state index contributed by atoms with van der Waals surface area (Å²) >= 11 is 5.32. The number of hydrazone groups is 1. The summed E-state index contributed by atoms with van der Waals surface area (Å²) in [7, 11) is 0. The summed E-state index contributed by atoms with van der Waals surface area (Å²) in [5.74, 6) is 0.763. The van der Waals surface area contributed by atoms with E-state index < -0.39 is 0 Å². The summed E-state index contributed by atoms with van der Waals surface area (Å²) in [5.41, 5.74) is 5.85. The third-order valence-corrected chi connectivity index (χ3v) is 6.03. The normalized spacial score (nSPS) is 31.4. The summed E-state index contributed by atoms with van der Waals surface area (Å²) in [6, 6.07) is 9.93. The molecular formula is C17H23N3S. The van der Waals surface area contributed by atoms with E-state index in [-0.39, 0.29) is 5.41 Å². The Labute approximate surface area is 132 Å². The summed E-state index contributed by atoms with van der Waals surface area (Å²) in [6.07, 6.45) is 3.67. The van der Waals surface area contributed by atoms with E-state index >= 15 is 0 Å². The fourth-order valence-corrected chi connectivity index (χ4v) is 4.06. The molecule has 2 N–H and O–H groups in total. The van der Waals surface area contributed by atoms with E-state index in [2.05, 4.69) is 36.6 Å². The standard InChI is InChI=1S/C17H23N3S/c1-16(2)12-9-10-17(16,3)14(11-12)19-20-15(21)18-13-7-5-4-6-8-13/h4-8,12H,9-11H2,1-3H3,(H2,18,20,21)/t12?,17-/m0/s1. The Bertz CT molecular complexity index is 579. The maximum absolute atomic E-state index is 5.32. The maximum Gasteiger partial charge on any atom is 0.191 e. The monoisotopic (exact) mass is 301 g/mol. The van der Waals surface area contributed by atoms with E-state index in [0.29, 0.717) is 10.5 Å². The van der Waals surface area contributed by atoms with Crippen molar-refractivity contribution in [2.24, 2.45) is 21.8 Å². The van der Waals surface area contributed by atoms with Crippen LogP contribution in [0.5, 0.6) is 0 Å². The van der Waals surface area contributed by atoms with Gasteiger partial charge in [-0.2, -0.15) is 5.10 Å². The van der Waals surface area contributed by atoms with Gasteiger partial charge < -0.3 is 5.32 Å². The van der Waals surface area contributed by atoms with Gasteiger partial charge >= 0.3 is 0 Å². The van der Waals surface area contributed by atoms with E-state index in [1.807, 2.05) is 30.3 Å². The van der Waals surface area contributed by atoms with Crippen molar-refractivity contribution >= 4 is 28.7 Å². The van der Waals surface area contributed by atoms with Gasteiger partial charge in [0.15, 0.2) is 5.11 Å². The molecule has 0 aliphatic heterocycles. The topological polar surface area (TPSA) is 36.4 Å². The first kappa shape index (κ1) is 14.5. The highest BCUT2D eigenvalue weighted by Gasteiger charge is 2.59. The molecule has 0 amide bonds. The van der Waals surface area contributed by atoms with E-state index in [4.69, 9.17) is 12.2 Å². The van der Waals surface area contributed by atoms with Crippen molar-refractivity contribution < 1.29 is 0 Å². The average Bonchev–Trinajstić information content (AvgIpc) is 2.79. The lowest BCUT2D eigenvalue weighted by Gasteiger charge is -2.34. The van der Waals surface area contributed by atoms with Crippen LogP contribution >= 0.6 is 12.2 Å². The van der Waals surface area contributed by atoms with Crippen LogP contribution in [-0.2, 0) is 0 Å². The fraction of sp³-hybridized carbons (Fsp3) is 0.529. The van der Waals surface area contributed by atoms with Gasteiger partial charge in [0.2, 0.25) is 0 Å². The molecular weight excluding hydrogens is 278 g/mol. The lowest BCUT2D eigenvalue weighted by Crippen LogP contribution is -2.34. The van der Waals surface area contributed by atoms with Crippen molar-refractivity contribution in [3.8, 4) is 0 Å². The molecule has 0 radical (unpaired) electrons. The summed E-state index contributed by atoms with van der Waals surface area (Å²) in [5, 5.41) is 8.34. The van der Waals surface area contributed by atoms with Gasteiger partial charge in [0, 0.05) is 16.8 Å². The van der Waals surface area contributed by atoms with Gasteiger partial charge in [-0.3, -0.25) is 5.43 Å². The number of nitrogens with one attached hydrogen (secondary N) is 2. The number of anilines is 1. The van der Waals surface area contributed by atoms with Crippen molar-refractivity contribution in [1.29, 1.82) is 0 Å². The number of fused-ring (bicyclic) bond motifs is 2. The zero-order valence-corrected chi connectivity index (χ0v) is 13.8. The highest BCUT2D eigenvalue weighted by Crippen LogP contribution is 2.63. The molecule has 112 valence electrons. The molecule has 0 heterocycles. The molecule has 3 rings (SSSR count). The van der Waals surface area contributed by atoms with Crippen LogP contribution in [0, 0.1) is 16.7 Å². The quantitative estimate of drug-likeness (QED) is 0.635. The zero-order chi connectivity index (χ0) is 15.1. The van der Waals surface area contributed by atoms with Gasteiger partial charge in [-0.05, 0) is 54.9 Å². The zero-order valence-electron chi connectivity index (χ0n) is 12.9. The van der Waals surface area contributed by atoms with E-state index in [9.17, 15) is 0 Å². The Balaban J connectivity index is 1.66. The van der Waals surface area contributed by atoms with Gasteiger partial charge in [0.05, 0.1) is 0 Å². The van der Waals surface area contributed by atoms with Crippen LogP contribution in [-0.4, -0.2) is 10.8 Å². The Hall–Kier alpha value is -1.42. The molecule has 2 atom stereocenters. The molecule has 2 bridgehead atoms. The van der Waals surface area contributed by atoms with E-state index in [0.717, 1.165) is 18.0 Å². The first-order chi connectivity index (χ1) is 9.93. The molecule has 0 spiro atoms. The number of para-hydroxylation sites is 1.